The van der Waals surface area contributed by atoms with Crippen molar-refractivity contribution in [3.8, 4) is 0 Å². The van der Waals surface area contributed by atoms with Gasteiger partial charge in [0.2, 0.25) is 0 Å². The van der Waals surface area contributed by atoms with Gasteiger partial charge in [-0.25, -0.2) is 17.6 Å². The van der Waals surface area contributed by atoms with Gasteiger partial charge < -0.3 is 5.11 Å². The second-order valence-electron chi connectivity index (χ2n) is 4.39. The Kier molecular flexibility index (Phi) is 4.91. The van der Waals surface area contributed by atoms with Gasteiger partial charge in [0.25, 0.3) is 5.92 Å². The van der Waals surface area contributed by atoms with Crippen molar-refractivity contribution >= 4 is 5.97 Å². The third-order valence-electron chi connectivity index (χ3n) is 2.77. The highest BCUT2D eigenvalue weighted by atomic mass is 19.3. The summed E-state index contributed by atoms with van der Waals surface area (Å²) in [6, 6.07) is 1.23. The number of aryl methyl sites for hydroxylation is 1. The molecule has 0 aliphatic carbocycles. The minimum Gasteiger partial charge on any atom is -0.481 e. The van der Waals surface area contributed by atoms with Crippen LogP contribution in [0.4, 0.5) is 17.6 Å². The van der Waals surface area contributed by atoms with E-state index in [1.807, 2.05) is 0 Å². The molecule has 0 saturated heterocycles. The largest absolute Gasteiger partial charge is 0.481 e. The molecule has 106 valence electrons. The van der Waals surface area contributed by atoms with Crippen LogP contribution in [-0.4, -0.2) is 11.1 Å². The topological polar surface area (TPSA) is 37.3 Å². The van der Waals surface area contributed by atoms with Gasteiger partial charge in [0.15, 0.2) is 0 Å². The fraction of sp³-hybridized carbons (Fsp3) is 0.462. The first kappa shape index (κ1) is 15.5. The van der Waals surface area contributed by atoms with Crippen LogP contribution < -0.4 is 0 Å². The number of alkyl halides is 2. The number of hydrogen-bond donors (Lipinski definition) is 1. The monoisotopic (exact) mass is 278 g/mol. The molecule has 0 aliphatic heterocycles. The highest BCUT2D eigenvalue weighted by molar-refractivity contribution is 5.66. The Labute approximate surface area is 108 Å². The molecule has 6 heteroatoms. The van der Waals surface area contributed by atoms with E-state index in [0.717, 1.165) is 6.07 Å². The van der Waals surface area contributed by atoms with E-state index in [2.05, 4.69) is 0 Å². The van der Waals surface area contributed by atoms with Crippen molar-refractivity contribution in [3.05, 3.63) is 34.9 Å². The second-order valence-corrected chi connectivity index (χ2v) is 4.39. The van der Waals surface area contributed by atoms with Crippen molar-refractivity contribution in [3.63, 3.8) is 0 Å². The zero-order valence-corrected chi connectivity index (χ0v) is 10.4. The maximum absolute atomic E-state index is 13.7. The van der Waals surface area contributed by atoms with Crippen molar-refractivity contribution in [2.24, 2.45) is 0 Å². The summed E-state index contributed by atoms with van der Waals surface area (Å²) in [5.74, 6) is -6.61. The van der Waals surface area contributed by atoms with Crippen LogP contribution >= 0.6 is 0 Å². The van der Waals surface area contributed by atoms with Gasteiger partial charge in [-0.1, -0.05) is 0 Å². The molecule has 0 spiro atoms. The number of halogens is 4. The second kappa shape index (κ2) is 6.04. The summed E-state index contributed by atoms with van der Waals surface area (Å²) in [4.78, 5) is 10.2. The molecule has 0 aromatic heterocycles. The van der Waals surface area contributed by atoms with Gasteiger partial charge in [-0.3, -0.25) is 4.79 Å². The van der Waals surface area contributed by atoms with Crippen LogP contribution in [0.5, 0.6) is 0 Å². The summed E-state index contributed by atoms with van der Waals surface area (Å²) >= 11 is 0. The van der Waals surface area contributed by atoms with Crippen molar-refractivity contribution in [1.82, 2.24) is 0 Å². The first-order valence-electron chi connectivity index (χ1n) is 5.80. The van der Waals surface area contributed by atoms with Gasteiger partial charge in [-0.05, 0) is 37.5 Å². The Morgan fingerprint density at radius 2 is 1.84 bits per heavy atom. The Balaban J connectivity index is 2.76. The zero-order chi connectivity index (χ0) is 14.6. The summed E-state index contributed by atoms with van der Waals surface area (Å²) in [7, 11) is 0. The van der Waals surface area contributed by atoms with Gasteiger partial charge in [0.1, 0.15) is 11.6 Å². The molecule has 0 bridgehead atoms. The molecule has 0 radical (unpaired) electrons. The summed E-state index contributed by atoms with van der Waals surface area (Å²) in [6.07, 6.45) is -0.935. The predicted molar refractivity (Wildman–Crippen MR) is 61.1 cm³/mol. The Bertz CT molecular complexity index is 472. The molecule has 0 heterocycles. The van der Waals surface area contributed by atoms with E-state index in [1.54, 1.807) is 0 Å². The maximum Gasteiger partial charge on any atom is 0.303 e. The third kappa shape index (κ3) is 4.22. The average Bonchev–Trinajstić information content (AvgIpc) is 2.29. The van der Waals surface area contributed by atoms with Crippen LogP contribution in [-0.2, 0) is 10.7 Å². The normalized spacial score (nSPS) is 11.6. The molecule has 0 unspecified atom stereocenters. The molecule has 0 atom stereocenters. The lowest BCUT2D eigenvalue weighted by atomic mass is 10.00. The van der Waals surface area contributed by atoms with E-state index in [1.165, 1.54) is 6.92 Å². The Hall–Kier alpha value is -1.59. The number of aliphatic carboxylic acids is 1. The van der Waals surface area contributed by atoms with Crippen LogP contribution in [0.2, 0.25) is 0 Å². The van der Waals surface area contributed by atoms with Crippen LogP contribution in [0, 0.1) is 18.6 Å². The Morgan fingerprint density at radius 3 is 2.42 bits per heavy atom. The summed E-state index contributed by atoms with van der Waals surface area (Å²) in [5.41, 5.74) is -1.02. The molecule has 0 aliphatic rings. The molecular formula is C13H14F4O2. The first-order valence-corrected chi connectivity index (χ1v) is 5.80. The van der Waals surface area contributed by atoms with Crippen LogP contribution in [0.25, 0.3) is 0 Å². The first-order chi connectivity index (χ1) is 8.74. The highest BCUT2D eigenvalue weighted by Gasteiger charge is 2.34. The van der Waals surface area contributed by atoms with Gasteiger partial charge in [-0.2, -0.15) is 0 Å². The number of unbranched alkanes of at least 4 members (excludes halogenated alkanes) is 1. The van der Waals surface area contributed by atoms with E-state index >= 15 is 0 Å². The Morgan fingerprint density at radius 1 is 1.21 bits per heavy atom. The molecule has 1 rings (SSSR count). The molecule has 0 amide bonds. The lowest BCUT2D eigenvalue weighted by Gasteiger charge is -2.17. The summed E-state index contributed by atoms with van der Waals surface area (Å²) in [5, 5.41) is 8.37. The molecule has 0 fully saturated rings. The van der Waals surface area contributed by atoms with E-state index in [4.69, 9.17) is 5.11 Å². The smallest absolute Gasteiger partial charge is 0.303 e. The number of benzene rings is 1. The standard InChI is InChI=1S/C13H14F4O2/c1-8-6-11(15)9(7-10(8)14)13(16,17)5-3-2-4-12(18)19/h6-7H,2-5H2,1H3,(H,18,19). The third-order valence-corrected chi connectivity index (χ3v) is 2.77. The van der Waals surface area contributed by atoms with Crippen molar-refractivity contribution in [2.45, 2.75) is 38.5 Å². The zero-order valence-electron chi connectivity index (χ0n) is 10.4. The van der Waals surface area contributed by atoms with Crippen molar-refractivity contribution in [1.29, 1.82) is 0 Å². The quantitative estimate of drug-likeness (QED) is 0.630. The van der Waals surface area contributed by atoms with Crippen LogP contribution in [0.3, 0.4) is 0 Å². The molecular weight excluding hydrogens is 264 g/mol. The van der Waals surface area contributed by atoms with E-state index < -0.39 is 35.5 Å². The number of hydrogen-bond acceptors (Lipinski definition) is 1. The highest BCUT2D eigenvalue weighted by Crippen LogP contribution is 2.36. The van der Waals surface area contributed by atoms with Gasteiger partial charge >= 0.3 is 5.97 Å². The van der Waals surface area contributed by atoms with E-state index in [0.29, 0.717) is 6.07 Å². The molecule has 0 saturated carbocycles. The van der Waals surface area contributed by atoms with Gasteiger partial charge in [-0.15, -0.1) is 0 Å². The molecule has 1 N–H and O–H groups in total. The minimum atomic E-state index is -3.50. The molecule has 19 heavy (non-hydrogen) atoms. The lowest BCUT2D eigenvalue weighted by molar-refractivity contribution is -0.137. The molecule has 1 aromatic rings. The van der Waals surface area contributed by atoms with Gasteiger partial charge in [0.05, 0.1) is 5.56 Å². The lowest BCUT2D eigenvalue weighted by Crippen LogP contribution is -2.16. The van der Waals surface area contributed by atoms with Crippen molar-refractivity contribution in [2.75, 3.05) is 0 Å². The number of carbonyl (C=O) groups is 1. The molecule has 1 aromatic carbocycles. The average molecular weight is 278 g/mol. The fourth-order valence-corrected chi connectivity index (χ4v) is 1.68. The van der Waals surface area contributed by atoms with E-state index in [-0.39, 0.29) is 24.8 Å². The fourth-order valence-electron chi connectivity index (χ4n) is 1.68. The predicted octanol–water partition coefficient (Wildman–Crippen LogP) is 4.01. The number of carboxylic acid groups (broad SMARTS) is 1. The minimum absolute atomic E-state index is 0.0390. The number of carboxylic acids is 1. The maximum atomic E-state index is 13.7. The number of rotatable bonds is 6. The molecule has 2 nitrogen and oxygen atoms in total. The summed E-state index contributed by atoms with van der Waals surface area (Å²) < 4.78 is 54.0. The van der Waals surface area contributed by atoms with Crippen LogP contribution in [0.1, 0.15) is 36.8 Å². The SMILES string of the molecule is Cc1cc(F)c(C(F)(F)CCCCC(=O)O)cc1F. The summed E-state index contributed by atoms with van der Waals surface area (Å²) in [6.45, 7) is 1.28. The van der Waals surface area contributed by atoms with E-state index in [9.17, 15) is 22.4 Å². The van der Waals surface area contributed by atoms with Crippen molar-refractivity contribution < 1.29 is 27.5 Å². The van der Waals surface area contributed by atoms with Crippen LogP contribution in [0.15, 0.2) is 12.1 Å². The van der Waals surface area contributed by atoms with Gasteiger partial charge in [0, 0.05) is 12.8 Å².